The lowest BCUT2D eigenvalue weighted by atomic mass is 10.1. The second-order valence-corrected chi connectivity index (χ2v) is 4.70. The van der Waals surface area contributed by atoms with Crippen LogP contribution in [0.4, 0.5) is 0 Å². The van der Waals surface area contributed by atoms with E-state index in [2.05, 4.69) is 10.3 Å². The lowest BCUT2D eigenvalue weighted by Gasteiger charge is -2.13. The highest BCUT2D eigenvalue weighted by Gasteiger charge is 2.24. The maximum Gasteiger partial charge on any atom is 0.326 e. The first-order valence-corrected chi connectivity index (χ1v) is 6.49. The number of aryl methyl sites for hydroxylation is 2. The summed E-state index contributed by atoms with van der Waals surface area (Å²) in [7, 11) is 0. The molecule has 110 valence electrons. The van der Waals surface area contributed by atoms with Crippen LogP contribution in [0.15, 0.2) is 34.7 Å². The fraction of sp³-hybridized carbons (Fsp3) is 0.267. The van der Waals surface area contributed by atoms with Gasteiger partial charge < -0.3 is 14.8 Å². The SMILES string of the molecule is Cc1nc(C)c(C(=O)N[C@@H](Cc2ccccc2)C(=O)O)o1. The van der Waals surface area contributed by atoms with Gasteiger partial charge >= 0.3 is 5.97 Å². The van der Waals surface area contributed by atoms with Gasteiger partial charge in [-0.15, -0.1) is 0 Å². The molecular weight excluding hydrogens is 272 g/mol. The highest BCUT2D eigenvalue weighted by molar-refractivity contribution is 5.95. The number of hydrogen-bond acceptors (Lipinski definition) is 4. The van der Waals surface area contributed by atoms with E-state index in [0.29, 0.717) is 11.6 Å². The van der Waals surface area contributed by atoms with E-state index in [4.69, 9.17) is 4.42 Å². The first-order valence-electron chi connectivity index (χ1n) is 6.49. The number of aromatic nitrogens is 1. The van der Waals surface area contributed by atoms with Gasteiger partial charge in [0, 0.05) is 13.3 Å². The largest absolute Gasteiger partial charge is 0.480 e. The predicted octanol–water partition coefficient (Wildman–Crippen LogP) is 1.72. The number of carboxylic acids is 1. The van der Waals surface area contributed by atoms with Gasteiger partial charge in [0.1, 0.15) is 6.04 Å². The predicted molar refractivity (Wildman–Crippen MR) is 75.0 cm³/mol. The molecule has 0 fully saturated rings. The average Bonchev–Trinajstić information content (AvgIpc) is 2.78. The second-order valence-electron chi connectivity index (χ2n) is 4.70. The van der Waals surface area contributed by atoms with Gasteiger partial charge in [-0.2, -0.15) is 0 Å². The third-order valence-corrected chi connectivity index (χ3v) is 3.00. The zero-order chi connectivity index (χ0) is 15.4. The van der Waals surface area contributed by atoms with Crippen LogP contribution in [0.1, 0.15) is 27.7 Å². The van der Waals surface area contributed by atoms with Crippen LogP contribution in [0.25, 0.3) is 0 Å². The summed E-state index contributed by atoms with van der Waals surface area (Å²) < 4.78 is 5.19. The molecule has 1 aromatic heterocycles. The molecule has 6 heteroatoms. The van der Waals surface area contributed by atoms with Crippen LogP contribution >= 0.6 is 0 Å². The Balaban J connectivity index is 2.11. The van der Waals surface area contributed by atoms with Gasteiger partial charge in [-0.3, -0.25) is 4.79 Å². The number of rotatable bonds is 5. The molecule has 1 aromatic carbocycles. The Labute approximate surface area is 121 Å². The standard InChI is InChI=1S/C15H16N2O4/c1-9-13(21-10(2)16-9)14(18)17-12(15(19)20)8-11-6-4-3-5-7-11/h3-7,12H,8H2,1-2H3,(H,17,18)(H,19,20)/t12-/m0/s1. The molecule has 2 N–H and O–H groups in total. The van der Waals surface area contributed by atoms with Gasteiger partial charge in [-0.05, 0) is 12.5 Å². The number of hydrogen-bond donors (Lipinski definition) is 2. The molecule has 1 amide bonds. The quantitative estimate of drug-likeness (QED) is 0.874. The van der Waals surface area contributed by atoms with Crippen LogP contribution in [0.2, 0.25) is 0 Å². The molecule has 0 unspecified atom stereocenters. The monoisotopic (exact) mass is 288 g/mol. The zero-order valence-corrected chi connectivity index (χ0v) is 11.8. The Hall–Kier alpha value is -2.63. The van der Waals surface area contributed by atoms with Gasteiger partial charge in [-0.1, -0.05) is 30.3 Å². The van der Waals surface area contributed by atoms with Gasteiger partial charge in [0.05, 0.1) is 5.69 Å². The molecule has 0 radical (unpaired) electrons. The van der Waals surface area contributed by atoms with E-state index < -0.39 is 17.9 Å². The molecule has 1 atom stereocenters. The Kier molecular flexibility index (Phi) is 4.37. The van der Waals surface area contributed by atoms with Crippen molar-refractivity contribution in [2.75, 3.05) is 0 Å². The summed E-state index contributed by atoms with van der Waals surface area (Å²) in [4.78, 5) is 27.4. The molecule has 0 saturated heterocycles. The number of carboxylic acid groups (broad SMARTS) is 1. The summed E-state index contributed by atoms with van der Waals surface area (Å²) in [5.41, 5.74) is 1.27. The summed E-state index contributed by atoms with van der Waals surface area (Å²) in [6.45, 7) is 3.26. The maximum atomic E-state index is 12.1. The number of aliphatic carboxylic acids is 1. The molecule has 2 rings (SSSR count). The van der Waals surface area contributed by atoms with Gasteiger partial charge in [0.15, 0.2) is 5.89 Å². The molecule has 6 nitrogen and oxygen atoms in total. The molecular formula is C15H16N2O4. The molecule has 0 aliphatic carbocycles. The average molecular weight is 288 g/mol. The summed E-state index contributed by atoms with van der Waals surface area (Å²) in [5.74, 6) is -1.25. The number of nitrogens with one attached hydrogen (secondary N) is 1. The van der Waals surface area contributed by atoms with Gasteiger partial charge in [0.2, 0.25) is 5.76 Å². The molecule has 21 heavy (non-hydrogen) atoms. The lowest BCUT2D eigenvalue weighted by molar-refractivity contribution is -0.139. The minimum atomic E-state index is -1.10. The highest BCUT2D eigenvalue weighted by atomic mass is 16.4. The summed E-state index contributed by atoms with van der Waals surface area (Å²) >= 11 is 0. The van der Waals surface area contributed by atoms with Crippen LogP contribution < -0.4 is 5.32 Å². The molecule has 0 aliphatic heterocycles. The van der Waals surface area contributed by atoms with E-state index >= 15 is 0 Å². The molecule has 0 aliphatic rings. The summed E-state index contributed by atoms with van der Waals surface area (Å²) in [6.07, 6.45) is 0.202. The minimum absolute atomic E-state index is 0.0480. The van der Waals surface area contributed by atoms with Crippen molar-refractivity contribution in [1.29, 1.82) is 0 Å². The van der Waals surface area contributed by atoms with E-state index in [1.54, 1.807) is 13.8 Å². The highest BCUT2D eigenvalue weighted by Crippen LogP contribution is 2.10. The molecule has 0 saturated carbocycles. The van der Waals surface area contributed by atoms with Crippen LogP contribution in [0.3, 0.4) is 0 Å². The molecule has 1 heterocycles. The minimum Gasteiger partial charge on any atom is -0.480 e. The van der Waals surface area contributed by atoms with Crippen molar-refractivity contribution in [2.45, 2.75) is 26.3 Å². The lowest BCUT2D eigenvalue weighted by Crippen LogP contribution is -2.42. The Bertz CT molecular complexity index is 649. The van der Waals surface area contributed by atoms with E-state index in [1.165, 1.54) is 0 Å². The Morgan fingerprint density at radius 3 is 2.48 bits per heavy atom. The first kappa shape index (κ1) is 14.8. The summed E-state index contributed by atoms with van der Waals surface area (Å²) in [6, 6.07) is 8.08. The fourth-order valence-corrected chi connectivity index (χ4v) is 2.02. The number of amides is 1. The van der Waals surface area contributed by atoms with Crippen LogP contribution in [-0.2, 0) is 11.2 Å². The van der Waals surface area contributed by atoms with Crippen molar-refractivity contribution in [1.82, 2.24) is 10.3 Å². The Morgan fingerprint density at radius 1 is 1.29 bits per heavy atom. The topological polar surface area (TPSA) is 92.4 Å². The fourth-order valence-electron chi connectivity index (χ4n) is 2.02. The van der Waals surface area contributed by atoms with Crippen molar-refractivity contribution >= 4 is 11.9 Å². The van der Waals surface area contributed by atoms with E-state index in [-0.39, 0.29) is 12.2 Å². The van der Waals surface area contributed by atoms with Crippen molar-refractivity contribution in [3.63, 3.8) is 0 Å². The first-order chi connectivity index (χ1) is 9.97. The van der Waals surface area contributed by atoms with Gasteiger partial charge in [0.25, 0.3) is 5.91 Å². The molecule has 0 spiro atoms. The third-order valence-electron chi connectivity index (χ3n) is 3.00. The second kappa shape index (κ2) is 6.21. The van der Waals surface area contributed by atoms with Crippen molar-refractivity contribution in [3.8, 4) is 0 Å². The van der Waals surface area contributed by atoms with Crippen molar-refractivity contribution < 1.29 is 19.1 Å². The number of carbonyl (C=O) groups is 2. The number of benzene rings is 1. The van der Waals surface area contributed by atoms with Crippen molar-refractivity contribution in [2.24, 2.45) is 0 Å². The number of nitrogens with zero attached hydrogens (tertiary/aromatic N) is 1. The maximum absolute atomic E-state index is 12.1. The van der Waals surface area contributed by atoms with Crippen LogP contribution in [0.5, 0.6) is 0 Å². The Morgan fingerprint density at radius 2 is 1.95 bits per heavy atom. The van der Waals surface area contributed by atoms with Crippen LogP contribution in [-0.4, -0.2) is 28.0 Å². The third kappa shape index (κ3) is 3.68. The zero-order valence-electron chi connectivity index (χ0n) is 11.8. The summed E-state index contributed by atoms with van der Waals surface area (Å²) in [5, 5.41) is 11.7. The van der Waals surface area contributed by atoms with Crippen LogP contribution in [0, 0.1) is 13.8 Å². The van der Waals surface area contributed by atoms with Gasteiger partial charge in [-0.25, -0.2) is 9.78 Å². The number of carbonyl (C=O) groups excluding carboxylic acids is 1. The van der Waals surface area contributed by atoms with Crippen molar-refractivity contribution in [3.05, 3.63) is 53.2 Å². The van der Waals surface area contributed by atoms with E-state index in [0.717, 1.165) is 5.56 Å². The number of oxazole rings is 1. The molecule has 2 aromatic rings. The van der Waals surface area contributed by atoms with E-state index in [1.807, 2.05) is 30.3 Å². The van der Waals surface area contributed by atoms with E-state index in [9.17, 15) is 14.7 Å². The normalized spacial score (nSPS) is 11.9. The smallest absolute Gasteiger partial charge is 0.326 e. The molecule has 0 bridgehead atoms.